The van der Waals surface area contributed by atoms with Crippen molar-refractivity contribution in [2.45, 2.75) is 0 Å². The van der Waals surface area contributed by atoms with Crippen molar-refractivity contribution in [2.75, 3.05) is 12.4 Å². The van der Waals surface area contributed by atoms with Crippen molar-refractivity contribution in [1.82, 2.24) is 0 Å². The third-order valence-electron chi connectivity index (χ3n) is 1.63. The zero-order valence-corrected chi connectivity index (χ0v) is 8.91. The van der Waals surface area contributed by atoms with Crippen molar-refractivity contribution in [3.8, 4) is 0 Å². The van der Waals surface area contributed by atoms with E-state index < -0.39 is 0 Å². The van der Waals surface area contributed by atoms with E-state index in [1.165, 1.54) is 0 Å². The maximum absolute atomic E-state index is 11.2. The van der Waals surface area contributed by atoms with Crippen LogP contribution in [-0.4, -0.2) is 24.4 Å². The number of ketones is 1. The lowest BCUT2D eigenvalue weighted by atomic mass is 10.1. The van der Waals surface area contributed by atoms with Crippen molar-refractivity contribution in [3.05, 3.63) is 35.4 Å². The van der Waals surface area contributed by atoms with E-state index in [9.17, 15) is 4.79 Å². The first-order valence-corrected chi connectivity index (χ1v) is 5.01. The number of hydrogen-bond donors (Lipinski definition) is 0. The summed E-state index contributed by atoms with van der Waals surface area (Å²) in [5.41, 5.74) is 1.73. The van der Waals surface area contributed by atoms with Gasteiger partial charge in [0.2, 0.25) is 0 Å². The van der Waals surface area contributed by atoms with Crippen LogP contribution in [0.4, 0.5) is 0 Å². The van der Waals surface area contributed by atoms with Gasteiger partial charge in [0, 0.05) is 18.8 Å². The largest absolute Gasteiger partial charge is 0.296 e. The zero-order chi connectivity index (χ0) is 9.68. The van der Waals surface area contributed by atoms with Crippen molar-refractivity contribution >= 4 is 27.9 Å². The van der Waals surface area contributed by atoms with E-state index in [-0.39, 0.29) is 5.78 Å². The van der Waals surface area contributed by atoms with Gasteiger partial charge in [-0.1, -0.05) is 40.2 Å². The molecule has 0 aromatic heterocycles. The highest BCUT2D eigenvalue weighted by Gasteiger charge is 2.01. The molecule has 0 amide bonds. The van der Waals surface area contributed by atoms with Gasteiger partial charge in [-0.2, -0.15) is 0 Å². The van der Waals surface area contributed by atoms with E-state index in [0.29, 0.717) is 5.33 Å². The van der Waals surface area contributed by atoms with Crippen LogP contribution in [0, 0.1) is 0 Å². The van der Waals surface area contributed by atoms with Crippen molar-refractivity contribution < 1.29 is 4.79 Å². The zero-order valence-electron chi connectivity index (χ0n) is 7.33. The molecule has 0 aliphatic heterocycles. The first-order valence-electron chi connectivity index (χ1n) is 3.89. The smallest absolute Gasteiger partial charge is 0.173 e. The number of aliphatic imine (C=N–C) groups is 1. The van der Waals surface area contributed by atoms with Gasteiger partial charge in [-0.25, -0.2) is 0 Å². The second kappa shape index (κ2) is 4.92. The third kappa shape index (κ3) is 2.77. The standard InChI is InChI=1S/C10H10BrNO/c1-12-7-8-2-4-9(5-3-8)10(13)6-11/h2-5,7H,6H2,1H3. The number of benzene rings is 1. The Bertz CT molecular complexity index is 316. The van der Waals surface area contributed by atoms with E-state index >= 15 is 0 Å². The lowest BCUT2D eigenvalue weighted by Crippen LogP contribution is -1.99. The Kier molecular flexibility index (Phi) is 3.83. The van der Waals surface area contributed by atoms with E-state index in [0.717, 1.165) is 11.1 Å². The molecule has 2 nitrogen and oxygen atoms in total. The summed E-state index contributed by atoms with van der Waals surface area (Å²) in [7, 11) is 1.72. The number of rotatable bonds is 3. The fraction of sp³-hybridized carbons (Fsp3) is 0.200. The van der Waals surface area contributed by atoms with Gasteiger partial charge >= 0.3 is 0 Å². The Morgan fingerprint density at radius 3 is 2.54 bits per heavy atom. The number of nitrogens with zero attached hydrogens (tertiary/aromatic N) is 1. The molecule has 0 unspecified atom stereocenters. The molecule has 1 aromatic rings. The van der Waals surface area contributed by atoms with Crippen LogP contribution in [0.2, 0.25) is 0 Å². The maximum atomic E-state index is 11.2. The summed E-state index contributed by atoms with van der Waals surface area (Å²) in [6, 6.07) is 7.37. The average Bonchev–Trinajstić information content (AvgIpc) is 2.18. The molecular weight excluding hydrogens is 230 g/mol. The molecule has 1 aromatic carbocycles. The van der Waals surface area contributed by atoms with Gasteiger partial charge in [0.15, 0.2) is 5.78 Å². The molecule has 0 saturated carbocycles. The number of alkyl halides is 1. The van der Waals surface area contributed by atoms with Crippen molar-refractivity contribution in [2.24, 2.45) is 4.99 Å². The summed E-state index contributed by atoms with van der Waals surface area (Å²) in [6.45, 7) is 0. The third-order valence-corrected chi connectivity index (χ3v) is 2.14. The summed E-state index contributed by atoms with van der Waals surface area (Å²) in [5.74, 6) is 0.0972. The molecule has 3 heteroatoms. The molecule has 0 fully saturated rings. The van der Waals surface area contributed by atoms with E-state index in [1.54, 1.807) is 25.4 Å². The SMILES string of the molecule is CN=Cc1ccc(C(=O)CBr)cc1. The van der Waals surface area contributed by atoms with E-state index in [1.807, 2.05) is 12.1 Å². The number of carbonyl (C=O) groups excluding carboxylic acids is 1. The van der Waals surface area contributed by atoms with Crippen LogP contribution in [-0.2, 0) is 0 Å². The Hall–Kier alpha value is -0.960. The minimum atomic E-state index is 0.0972. The molecule has 68 valence electrons. The predicted molar refractivity (Wildman–Crippen MR) is 58.1 cm³/mol. The molecule has 1 rings (SSSR count). The molecule has 0 spiro atoms. The molecule has 0 heterocycles. The maximum Gasteiger partial charge on any atom is 0.173 e. The summed E-state index contributed by atoms with van der Waals surface area (Å²) in [5, 5.41) is 0.369. The number of halogens is 1. The summed E-state index contributed by atoms with van der Waals surface area (Å²) in [6.07, 6.45) is 1.75. The van der Waals surface area contributed by atoms with Crippen LogP contribution < -0.4 is 0 Å². The summed E-state index contributed by atoms with van der Waals surface area (Å²) in [4.78, 5) is 15.1. The molecule has 0 radical (unpaired) electrons. The monoisotopic (exact) mass is 239 g/mol. The fourth-order valence-corrected chi connectivity index (χ4v) is 1.31. The summed E-state index contributed by atoms with van der Waals surface area (Å²) < 4.78 is 0. The Balaban J connectivity index is 2.87. The van der Waals surface area contributed by atoms with E-state index in [2.05, 4.69) is 20.9 Å². The fourth-order valence-electron chi connectivity index (χ4n) is 0.981. The van der Waals surface area contributed by atoms with Crippen LogP contribution in [0.1, 0.15) is 15.9 Å². The second-order valence-corrected chi connectivity index (χ2v) is 3.13. The summed E-state index contributed by atoms with van der Waals surface area (Å²) >= 11 is 3.12. The second-order valence-electron chi connectivity index (χ2n) is 2.57. The first-order chi connectivity index (χ1) is 6.27. The average molecular weight is 240 g/mol. The van der Waals surface area contributed by atoms with Gasteiger partial charge in [-0.3, -0.25) is 9.79 Å². The van der Waals surface area contributed by atoms with Gasteiger partial charge in [0.1, 0.15) is 0 Å². The topological polar surface area (TPSA) is 29.4 Å². The quantitative estimate of drug-likeness (QED) is 0.453. The molecule has 0 saturated heterocycles. The van der Waals surface area contributed by atoms with Gasteiger partial charge in [0.25, 0.3) is 0 Å². The van der Waals surface area contributed by atoms with Crippen LogP contribution in [0.15, 0.2) is 29.3 Å². The minimum absolute atomic E-state index is 0.0972. The van der Waals surface area contributed by atoms with Crippen LogP contribution in [0.25, 0.3) is 0 Å². The van der Waals surface area contributed by atoms with Gasteiger partial charge < -0.3 is 0 Å². The number of hydrogen-bond acceptors (Lipinski definition) is 2. The Labute approximate surface area is 85.8 Å². The lowest BCUT2D eigenvalue weighted by molar-refractivity contribution is 0.102. The van der Waals surface area contributed by atoms with Gasteiger partial charge in [0.05, 0.1) is 5.33 Å². The van der Waals surface area contributed by atoms with Crippen LogP contribution >= 0.6 is 15.9 Å². The molecule has 0 N–H and O–H groups in total. The first kappa shape index (κ1) is 10.1. The van der Waals surface area contributed by atoms with Crippen LogP contribution in [0.3, 0.4) is 0 Å². The Morgan fingerprint density at radius 1 is 1.46 bits per heavy atom. The van der Waals surface area contributed by atoms with Crippen molar-refractivity contribution in [1.29, 1.82) is 0 Å². The minimum Gasteiger partial charge on any atom is -0.296 e. The highest BCUT2D eigenvalue weighted by atomic mass is 79.9. The number of Topliss-reactive ketones (excluding diaryl/α,β-unsaturated/α-hetero) is 1. The van der Waals surface area contributed by atoms with Gasteiger partial charge in [-0.05, 0) is 5.56 Å². The molecule has 0 atom stereocenters. The van der Waals surface area contributed by atoms with Crippen LogP contribution in [0.5, 0.6) is 0 Å². The molecule has 0 bridgehead atoms. The number of carbonyl (C=O) groups is 1. The molecular formula is C10H10BrNO. The highest BCUT2D eigenvalue weighted by molar-refractivity contribution is 9.09. The molecule has 0 aliphatic rings. The predicted octanol–water partition coefficient (Wildman–Crippen LogP) is 2.31. The lowest BCUT2D eigenvalue weighted by Gasteiger charge is -1.96. The molecule has 13 heavy (non-hydrogen) atoms. The Morgan fingerprint density at radius 2 is 2.08 bits per heavy atom. The van der Waals surface area contributed by atoms with Crippen molar-refractivity contribution in [3.63, 3.8) is 0 Å². The van der Waals surface area contributed by atoms with Gasteiger partial charge in [-0.15, -0.1) is 0 Å². The van der Waals surface area contributed by atoms with E-state index in [4.69, 9.17) is 0 Å². The highest BCUT2D eigenvalue weighted by Crippen LogP contribution is 2.04. The molecule has 0 aliphatic carbocycles. The normalized spacial score (nSPS) is 10.6.